The molecule has 0 aliphatic rings. The molecule has 0 fully saturated rings. The number of rotatable bonds is 2. The highest BCUT2D eigenvalue weighted by molar-refractivity contribution is 7.15. The van der Waals surface area contributed by atoms with Crippen LogP contribution in [0.3, 0.4) is 0 Å². The van der Waals surface area contributed by atoms with Crippen LogP contribution in [0.2, 0.25) is 0 Å². The Bertz CT molecular complexity index is 441. The van der Waals surface area contributed by atoms with Crippen LogP contribution in [0.5, 0.6) is 0 Å². The summed E-state index contributed by atoms with van der Waals surface area (Å²) in [6.07, 6.45) is 1.58. The van der Waals surface area contributed by atoms with Crippen LogP contribution in [0.1, 0.15) is 5.01 Å². The summed E-state index contributed by atoms with van der Waals surface area (Å²) in [5.41, 5.74) is 0.532. The number of aliphatic hydroxyl groups excluding tert-OH is 1. The van der Waals surface area contributed by atoms with Gasteiger partial charge in [0.2, 0.25) is 0 Å². The zero-order chi connectivity index (χ0) is 9.97. The summed E-state index contributed by atoms with van der Waals surface area (Å²) in [5, 5.41) is 9.42. The Labute approximate surface area is 84.7 Å². The second-order valence-corrected chi connectivity index (χ2v) is 3.87. The molecule has 0 aliphatic heterocycles. The Hall–Kier alpha value is -1.26. The fraction of sp³-hybridized carbons (Fsp3) is 0.100. The molecule has 0 amide bonds. The van der Waals surface area contributed by atoms with E-state index in [2.05, 4.69) is 4.98 Å². The lowest BCUT2D eigenvalue weighted by molar-refractivity contribution is 0.281. The van der Waals surface area contributed by atoms with Crippen molar-refractivity contribution >= 4 is 11.3 Å². The lowest BCUT2D eigenvalue weighted by Crippen LogP contribution is -1.78. The van der Waals surface area contributed by atoms with Crippen LogP contribution in [0.25, 0.3) is 10.4 Å². The van der Waals surface area contributed by atoms with Gasteiger partial charge < -0.3 is 5.11 Å². The van der Waals surface area contributed by atoms with Crippen LogP contribution in [0.4, 0.5) is 4.39 Å². The summed E-state index contributed by atoms with van der Waals surface area (Å²) >= 11 is 1.30. The van der Waals surface area contributed by atoms with Crippen molar-refractivity contribution in [1.82, 2.24) is 4.98 Å². The van der Waals surface area contributed by atoms with Crippen molar-refractivity contribution in [2.75, 3.05) is 0 Å². The van der Waals surface area contributed by atoms with E-state index in [9.17, 15) is 4.39 Å². The van der Waals surface area contributed by atoms with Crippen LogP contribution < -0.4 is 0 Å². The van der Waals surface area contributed by atoms with E-state index >= 15 is 0 Å². The molecule has 0 saturated heterocycles. The van der Waals surface area contributed by atoms with Crippen LogP contribution in [0.15, 0.2) is 30.5 Å². The minimum atomic E-state index is -0.263. The topological polar surface area (TPSA) is 33.1 Å². The fourth-order valence-corrected chi connectivity index (χ4v) is 1.97. The standard InChI is InChI=1S/C10H8FNOS/c11-8-4-2-1-3-7(8)9-5-12-10(6-13)14-9/h1-5,13H,6H2. The van der Waals surface area contributed by atoms with E-state index in [4.69, 9.17) is 5.11 Å². The summed E-state index contributed by atoms with van der Waals surface area (Å²) in [7, 11) is 0. The first kappa shape index (κ1) is 9.30. The first-order valence-electron chi connectivity index (χ1n) is 4.11. The van der Waals surface area contributed by atoms with E-state index in [0.717, 1.165) is 4.88 Å². The van der Waals surface area contributed by atoms with E-state index in [1.807, 2.05) is 0 Å². The van der Waals surface area contributed by atoms with E-state index in [1.165, 1.54) is 17.4 Å². The third kappa shape index (κ3) is 1.66. The average molecular weight is 209 g/mol. The molecule has 0 unspecified atom stereocenters. The summed E-state index contributed by atoms with van der Waals surface area (Å²) in [5.74, 6) is -0.263. The first-order chi connectivity index (χ1) is 6.81. The highest BCUT2D eigenvalue weighted by Crippen LogP contribution is 2.27. The Kier molecular flexibility index (Phi) is 2.56. The average Bonchev–Trinajstić information content (AvgIpc) is 2.67. The molecule has 1 aromatic carbocycles. The van der Waals surface area contributed by atoms with Crippen LogP contribution >= 0.6 is 11.3 Å². The number of thiazole rings is 1. The minimum absolute atomic E-state index is 0.0981. The number of hydrogen-bond acceptors (Lipinski definition) is 3. The van der Waals surface area contributed by atoms with Gasteiger partial charge in [-0.05, 0) is 6.07 Å². The molecule has 1 heterocycles. The molecule has 2 rings (SSSR count). The van der Waals surface area contributed by atoms with Gasteiger partial charge in [-0.3, -0.25) is 0 Å². The molecule has 14 heavy (non-hydrogen) atoms. The zero-order valence-electron chi connectivity index (χ0n) is 7.27. The van der Waals surface area contributed by atoms with Crippen molar-refractivity contribution in [3.8, 4) is 10.4 Å². The Morgan fingerprint density at radius 1 is 1.36 bits per heavy atom. The third-order valence-electron chi connectivity index (χ3n) is 1.83. The summed E-state index contributed by atoms with van der Waals surface area (Å²) < 4.78 is 13.3. The van der Waals surface area contributed by atoms with Crippen molar-refractivity contribution < 1.29 is 9.50 Å². The van der Waals surface area contributed by atoms with Crippen LogP contribution in [-0.4, -0.2) is 10.1 Å². The number of halogens is 1. The predicted octanol–water partition coefficient (Wildman–Crippen LogP) is 2.44. The van der Waals surface area contributed by atoms with Gasteiger partial charge in [0.05, 0.1) is 11.5 Å². The predicted molar refractivity (Wildman–Crippen MR) is 53.4 cm³/mol. The number of aliphatic hydroxyl groups is 1. The van der Waals surface area contributed by atoms with E-state index in [-0.39, 0.29) is 12.4 Å². The maximum absolute atomic E-state index is 13.3. The van der Waals surface area contributed by atoms with E-state index in [1.54, 1.807) is 24.4 Å². The van der Waals surface area contributed by atoms with Crippen LogP contribution in [-0.2, 0) is 6.61 Å². The molecular weight excluding hydrogens is 201 g/mol. The number of nitrogens with zero attached hydrogens (tertiary/aromatic N) is 1. The molecule has 0 aliphatic carbocycles. The summed E-state index contributed by atoms with van der Waals surface area (Å²) in [6, 6.07) is 6.53. The summed E-state index contributed by atoms with van der Waals surface area (Å²) in [6.45, 7) is -0.0981. The lowest BCUT2D eigenvalue weighted by atomic mass is 10.2. The van der Waals surface area contributed by atoms with Crippen molar-refractivity contribution in [3.63, 3.8) is 0 Å². The number of hydrogen-bond donors (Lipinski definition) is 1. The normalized spacial score (nSPS) is 10.4. The minimum Gasteiger partial charge on any atom is -0.389 e. The van der Waals surface area contributed by atoms with Gasteiger partial charge in [0, 0.05) is 11.8 Å². The van der Waals surface area contributed by atoms with Crippen molar-refractivity contribution in [1.29, 1.82) is 0 Å². The quantitative estimate of drug-likeness (QED) is 0.824. The highest BCUT2D eigenvalue weighted by Gasteiger charge is 2.07. The monoisotopic (exact) mass is 209 g/mol. The maximum Gasteiger partial charge on any atom is 0.131 e. The number of benzene rings is 1. The fourth-order valence-electron chi connectivity index (χ4n) is 1.17. The molecule has 0 atom stereocenters. The molecule has 1 aromatic heterocycles. The molecule has 0 bridgehead atoms. The second-order valence-electron chi connectivity index (χ2n) is 2.76. The van der Waals surface area contributed by atoms with Crippen molar-refractivity contribution in [3.05, 3.63) is 41.3 Å². The number of aromatic nitrogens is 1. The van der Waals surface area contributed by atoms with E-state index in [0.29, 0.717) is 10.6 Å². The van der Waals surface area contributed by atoms with Gasteiger partial charge >= 0.3 is 0 Å². The second kappa shape index (κ2) is 3.86. The molecule has 0 radical (unpaired) electrons. The smallest absolute Gasteiger partial charge is 0.131 e. The van der Waals surface area contributed by atoms with Gasteiger partial charge in [-0.25, -0.2) is 9.37 Å². The van der Waals surface area contributed by atoms with Gasteiger partial charge in [0.25, 0.3) is 0 Å². The van der Waals surface area contributed by atoms with Gasteiger partial charge in [-0.15, -0.1) is 11.3 Å². The lowest BCUT2D eigenvalue weighted by Gasteiger charge is -1.96. The van der Waals surface area contributed by atoms with Gasteiger partial charge in [-0.1, -0.05) is 18.2 Å². The van der Waals surface area contributed by atoms with Gasteiger partial charge in [0.15, 0.2) is 0 Å². The van der Waals surface area contributed by atoms with Gasteiger partial charge in [-0.2, -0.15) is 0 Å². The highest BCUT2D eigenvalue weighted by atomic mass is 32.1. The molecular formula is C10H8FNOS. The van der Waals surface area contributed by atoms with E-state index < -0.39 is 0 Å². The molecule has 2 aromatic rings. The zero-order valence-corrected chi connectivity index (χ0v) is 8.09. The Balaban J connectivity index is 2.44. The molecule has 2 nitrogen and oxygen atoms in total. The largest absolute Gasteiger partial charge is 0.389 e. The summed E-state index contributed by atoms with van der Waals surface area (Å²) in [4.78, 5) is 4.70. The molecule has 4 heteroatoms. The Morgan fingerprint density at radius 3 is 2.79 bits per heavy atom. The molecule has 1 N–H and O–H groups in total. The Morgan fingerprint density at radius 2 is 2.14 bits per heavy atom. The molecule has 0 saturated carbocycles. The molecule has 0 spiro atoms. The SMILES string of the molecule is OCc1ncc(-c2ccccc2F)s1. The third-order valence-corrected chi connectivity index (χ3v) is 2.84. The van der Waals surface area contributed by atoms with Crippen molar-refractivity contribution in [2.45, 2.75) is 6.61 Å². The first-order valence-corrected chi connectivity index (χ1v) is 4.93. The van der Waals surface area contributed by atoms with Crippen LogP contribution in [0, 0.1) is 5.82 Å². The van der Waals surface area contributed by atoms with Gasteiger partial charge in [0.1, 0.15) is 10.8 Å². The molecule has 72 valence electrons. The van der Waals surface area contributed by atoms with Crippen molar-refractivity contribution in [2.24, 2.45) is 0 Å². The maximum atomic E-state index is 13.3.